The summed E-state index contributed by atoms with van der Waals surface area (Å²) in [4.78, 5) is 13.6. The summed E-state index contributed by atoms with van der Waals surface area (Å²) in [6.45, 7) is 9.50. The lowest BCUT2D eigenvalue weighted by molar-refractivity contribution is 0.230. The van der Waals surface area contributed by atoms with Crippen molar-refractivity contribution in [2.24, 2.45) is 11.7 Å². The van der Waals surface area contributed by atoms with E-state index < -0.39 is 0 Å². The van der Waals surface area contributed by atoms with Gasteiger partial charge in [-0.15, -0.1) is 0 Å². The van der Waals surface area contributed by atoms with E-state index >= 15 is 0 Å². The molecular weight excluding hydrogens is 238 g/mol. The van der Waals surface area contributed by atoms with Gasteiger partial charge in [-0.05, 0) is 38.0 Å². The van der Waals surface area contributed by atoms with E-state index in [-0.39, 0.29) is 0 Å². The van der Waals surface area contributed by atoms with Crippen LogP contribution in [0.2, 0.25) is 0 Å². The number of nitrogens with zero attached hydrogens (tertiary/aromatic N) is 4. The smallest absolute Gasteiger partial charge is 0.142 e. The van der Waals surface area contributed by atoms with Crippen molar-refractivity contribution in [3.05, 3.63) is 24.3 Å². The molecule has 1 aliphatic heterocycles. The van der Waals surface area contributed by atoms with E-state index in [1.807, 2.05) is 18.5 Å². The number of hydrogen-bond donors (Lipinski definition) is 1. The summed E-state index contributed by atoms with van der Waals surface area (Å²) in [5.74, 6) is 1.51. The minimum absolute atomic E-state index is 0.587. The molecule has 1 aromatic rings. The van der Waals surface area contributed by atoms with Crippen LogP contribution < -0.4 is 5.73 Å². The molecule has 0 spiro atoms. The highest BCUT2D eigenvalue weighted by Gasteiger charge is 2.16. The van der Waals surface area contributed by atoms with Crippen LogP contribution in [0, 0.1) is 5.92 Å². The molecular formula is C14H25N5. The van der Waals surface area contributed by atoms with Crippen molar-refractivity contribution in [2.75, 3.05) is 39.3 Å². The lowest BCUT2D eigenvalue weighted by Crippen LogP contribution is -2.35. The molecule has 1 atom stereocenters. The molecule has 1 unspecified atom stereocenters. The summed E-state index contributed by atoms with van der Waals surface area (Å²) >= 11 is 0. The Balaban J connectivity index is 1.80. The van der Waals surface area contributed by atoms with Crippen molar-refractivity contribution in [3.8, 4) is 0 Å². The van der Waals surface area contributed by atoms with Gasteiger partial charge >= 0.3 is 0 Å². The van der Waals surface area contributed by atoms with E-state index in [2.05, 4.69) is 26.7 Å². The van der Waals surface area contributed by atoms with E-state index in [1.54, 1.807) is 0 Å². The van der Waals surface area contributed by atoms with Crippen molar-refractivity contribution >= 4 is 0 Å². The van der Waals surface area contributed by atoms with Crippen molar-refractivity contribution in [2.45, 2.75) is 19.9 Å². The molecule has 19 heavy (non-hydrogen) atoms. The van der Waals surface area contributed by atoms with E-state index in [0.29, 0.717) is 5.92 Å². The van der Waals surface area contributed by atoms with Crippen molar-refractivity contribution in [3.63, 3.8) is 0 Å². The Kier molecular flexibility index (Phi) is 5.69. The first-order valence-electron chi connectivity index (χ1n) is 7.18. The molecule has 5 nitrogen and oxygen atoms in total. The zero-order valence-corrected chi connectivity index (χ0v) is 11.8. The first-order chi connectivity index (χ1) is 9.28. The maximum Gasteiger partial charge on any atom is 0.142 e. The summed E-state index contributed by atoms with van der Waals surface area (Å²) in [6, 6.07) is 1.86. The molecule has 0 bridgehead atoms. The SMILES string of the molecule is CC(CN)CN1CCCN(Cc2ncccn2)CC1. The first-order valence-corrected chi connectivity index (χ1v) is 7.18. The molecule has 5 heteroatoms. The van der Waals surface area contributed by atoms with Crippen LogP contribution in [0.25, 0.3) is 0 Å². The standard InChI is InChI=1S/C14H25N5/c1-13(10-15)11-18-6-3-7-19(9-8-18)12-14-16-4-2-5-17-14/h2,4-5,13H,3,6-12,15H2,1H3. The number of nitrogens with two attached hydrogens (primary N) is 1. The summed E-state index contributed by atoms with van der Waals surface area (Å²) in [6.07, 6.45) is 4.84. The van der Waals surface area contributed by atoms with Gasteiger partial charge in [0.15, 0.2) is 0 Å². The maximum atomic E-state index is 5.70. The second-order valence-electron chi connectivity index (χ2n) is 5.44. The third-order valence-electron chi connectivity index (χ3n) is 3.64. The molecule has 0 amide bonds. The van der Waals surface area contributed by atoms with E-state index in [0.717, 1.165) is 45.1 Å². The van der Waals surface area contributed by atoms with E-state index in [4.69, 9.17) is 5.73 Å². The van der Waals surface area contributed by atoms with Gasteiger partial charge in [-0.3, -0.25) is 4.90 Å². The molecule has 0 aliphatic carbocycles. The average molecular weight is 263 g/mol. The fourth-order valence-corrected chi connectivity index (χ4v) is 2.49. The highest BCUT2D eigenvalue weighted by molar-refractivity contribution is 4.89. The predicted octanol–water partition coefficient (Wildman–Crippen LogP) is 0.579. The van der Waals surface area contributed by atoms with Gasteiger partial charge in [0.1, 0.15) is 5.82 Å². The molecule has 0 radical (unpaired) electrons. The van der Waals surface area contributed by atoms with Crippen LogP contribution in [0.15, 0.2) is 18.5 Å². The fourth-order valence-electron chi connectivity index (χ4n) is 2.49. The number of hydrogen-bond acceptors (Lipinski definition) is 5. The van der Waals surface area contributed by atoms with Gasteiger partial charge in [0, 0.05) is 32.0 Å². The average Bonchev–Trinajstić information content (AvgIpc) is 2.65. The Bertz CT molecular complexity index is 356. The highest BCUT2D eigenvalue weighted by atomic mass is 15.2. The van der Waals surface area contributed by atoms with Crippen LogP contribution in [-0.4, -0.2) is 59.0 Å². The van der Waals surface area contributed by atoms with Gasteiger partial charge in [-0.1, -0.05) is 6.92 Å². The van der Waals surface area contributed by atoms with Crippen LogP contribution in [-0.2, 0) is 6.54 Å². The number of rotatable bonds is 5. The molecule has 2 heterocycles. The Morgan fingerprint density at radius 3 is 2.58 bits per heavy atom. The van der Waals surface area contributed by atoms with E-state index in [9.17, 15) is 0 Å². The molecule has 0 aromatic carbocycles. The highest BCUT2D eigenvalue weighted by Crippen LogP contribution is 2.08. The summed E-state index contributed by atoms with van der Waals surface area (Å²) in [7, 11) is 0. The molecule has 0 saturated carbocycles. The molecule has 2 rings (SSSR count). The normalized spacial score (nSPS) is 20.1. The van der Waals surface area contributed by atoms with Gasteiger partial charge in [-0.25, -0.2) is 9.97 Å². The summed E-state index contributed by atoms with van der Waals surface area (Å²) < 4.78 is 0. The zero-order chi connectivity index (χ0) is 13.5. The second-order valence-corrected chi connectivity index (χ2v) is 5.44. The van der Waals surface area contributed by atoms with Crippen LogP contribution in [0.1, 0.15) is 19.2 Å². The van der Waals surface area contributed by atoms with Crippen molar-refractivity contribution < 1.29 is 0 Å². The van der Waals surface area contributed by atoms with Crippen LogP contribution >= 0.6 is 0 Å². The van der Waals surface area contributed by atoms with Crippen LogP contribution in [0.3, 0.4) is 0 Å². The molecule has 1 fully saturated rings. The Hall–Kier alpha value is -1.04. The predicted molar refractivity (Wildman–Crippen MR) is 76.6 cm³/mol. The minimum atomic E-state index is 0.587. The molecule has 1 aromatic heterocycles. The lowest BCUT2D eigenvalue weighted by Gasteiger charge is -2.23. The quantitative estimate of drug-likeness (QED) is 0.842. The summed E-state index contributed by atoms with van der Waals surface area (Å²) in [5.41, 5.74) is 5.70. The monoisotopic (exact) mass is 263 g/mol. The van der Waals surface area contributed by atoms with Crippen LogP contribution in [0.5, 0.6) is 0 Å². The van der Waals surface area contributed by atoms with Gasteiger partial charge in [0.25, 0.3) is 0 Å². The third-order valence-corrected chi connectivity index (χ3v) is 3.64. The molecule has 106 valence electrons. The lowest BCUT2D eigenvalue weighted by atomic mass is 10.1. The van der Waals surface area contributed by atoms with Crippen molar-refractivity contribution in [1.82, 2.24) is 19.8 Å². The molecule has 2 N–H and O–H groups in total. The van der Waals surface area contributed by atoms with Crippen molar-refractivity contribution in [1.29, 1.82) is 0 Å². The fraction of sp³-hybridized carbons (Fsp3) is 0.714. The summed E-state index contributed by atoms with van der Waals surface area (Å²) in [5, 5.41) is 0. The Labute approximate surface area is 115 Å². The second kappa shape index (κ2) is 7.53. The topological polar surface area (TPSA) is 58.3 Å². The van der Waals surface area contributed by atoms with Gasteiger partial charge in [-0.2, -0.15) is 0 Å². The maximum absolute atomic E-state index is 5.70. The van der Waals surface area contributed by atoms with E-state index in [1.165, 1.54) is 13.0 Å². The largest absolute Gasteiger partial charge is 0.330 e. The molecule has 1 saturated heterocycles. The van der Waals surface area contributed by atoms with Gasteiger partial charge < -0.3 is 10.6 Å². The zero-order valence-electron chi connectivity index (χ0n) is 11.8. The third kappa shape index (κ3) is 4.86. The van der Waals surface area contributed by atoms with Crippen LogP contribution in [0.4, 0.5) is 0 Å². The van der Waals surface area contributed by atoms with Gasteiger partial charge in [0.2, 0.25) is 0 Å². The first kappa shape index (κ1) is 14.4. The number of aromatic nitrogens is 2. The van der Waals surface area contributed by atoms with Gasteiger partial charge in [0.05, 0.1) is 6.54 Å². The minimum Gasteiger partial charge on any atom is -0.330 e. The Morgan fingerprint density at radius 1 is 1.16 bits per heavy atom. The molecule has 1 aliphatic rings. The Morgan fingerprint density at radius 2 is 1.84 bits per heavy atom.